The van der Waals surface area contributed by atoms with Crippen LogP contribution in [0.25, 0.3) is 22.3 Å². The van der Waals surface area contributed by atoms with Gasteiger partial charge in [0.2, 0.25) is 0 Å². The molecular formula is C23H23FN8O. The number of amides is 1. The molecule has 1 aromatic carbocycles. The van der Waals surface area contributed by atoms with Crippen LogP contribution in [0.3, 0.4) is 0 Å². The summed E-state index contributed by atoms with van der Waals surface area (Å²) in [4.78, 5) is 24.6. The normalized spacial score (nSPS) is 16.1. The molecule has 1 atom stereocenters. The van der Waals surface area contributed by atoms with E-state index in [0.717, 1.165) is 53.8 Å². The van der Waals surface area contributed by atoms with E-state index >= 15 is 0 Å². The van der Waals surface area contributed by atoms with Crippen molar-refractivity contribution < 1.29 is 9.18 Å². The molecule has 3 aromatic heterocycles. The molecule has 1 amide bonds. The molecule has 4 N–H and O–H groups in total. The molecule has 1 aliphatic rings. The van der Waals surface area contributed by atoms with Crippen molar-refractivity contribution in [1.82, 2.24) is 35.4 Å². The van der Waals surface area contributed by atoms with Crippen LogP contribution in [-0.2, 0) is 6.54 Å². The number of halogens is 1. The summed E-state index contributed by atoms with van der Waals surface area (Å²) < 4.78 is 15.7. The zero-order chi connectivity index (χ0) is 22.8. The summed E-state index contributed by atoms with van der Waals surface area (Å²) in [7, 11) is 0. The number of hydrogen-bond acceptors (Lipinski definition) is 7. The van der Waals surface area contributed by atoms with E-state index in [1.165, 1.54) is 24.7 Å². The third-order valence-corrected chi connectivity index (χ3v) is 5.79. The van der Waals surface area contributed by atoms with E-state index in [1.54, 1.807) is 0 Å². The molecular weight excluding hydrogens is 423 g/mol. The van der Waals surface area contributed by atoms with Gasteiger partial charge in [0.25, 0.3) is 5.91 Å². The highest BCUT2D eigenvalue weighted by atomic mass is 19.1. The van der Waals surface area contributed by atoms with Crippen LogP contribution in [0.5, 0.6) is 0 Å². The van der Waals surface area contributed by atoms with Crippen molar-refractivity contribution in [2.24, 2.45) is 0 Å². The molecule has 168 valence electrons. The molecule has 0 bridgehead atoms. The second kappa shape index (κ2) is 8.91. The number of nitrogen functional groups attached to an aromatic ring is 1. The molecule has 0 unspecified atom stereocenters. The second-order valence-electron chi connectivity index (χ2n) is 7.96. The molecule has 1 fully saturated rings. The van der Waals surface area contributed by atoms with Gasteiger partial charge in [-0.25, -0.2) is 24.0 Å². The third kappa shape index (κ3) is 4.12. The van der Waals surface area contributed by atoms with E-state index in [9.17, 15) is 9.18 Å². The summed E-state index contributed by atoms with van der Waals surface area (Å²) in [5, 5.41) is 11.7. The van der Waals surface area contributed by atoms with Crippen LogP contribution in [-0.4, -0.2) is 43.7 Å². The molecule has 4 heterocycles. The van der Waals surface area contributed by atoms with Crippen LogP contribution in [0.4, 0.5) is 10.2 Å². The lowest BCUT2D eigenvalue weighted by Gasteiger charge is -2.23. The van der Waals surface area contributed by atoms with E-state index in [-0.39, 0.29) is 18.3 Å². The number of hydrogen-bond donors (Lipinski definition) is 3. The molecule has 10 heteroatoms. The number of nitrogens with zero attached hydrogens (tertiary/aromatic N) is 5. The standard InChI is InChI=1S/C23H23FN8O/c24-17-4-2-10-27-20(17)23(33)28-11-14-5-7-15(8-6-14)19-18-21(25)29-13-30-22(18)32(31-19)16-3-1-9-26-12-16/h2,4-8,10,13,16,26H,1,3,9,11-12H2,(H,28,33)(H2,25,29,30)/t16-/m1/s1. The first-order valence-electron chi connectivity index (χ1n) is 10.8. The van der Waals surface area contributed by atoms with Crippen LogP contribution >= 0.6 is 0 Å². The Morgan fingerprint density at radius 1 is 1.21 bits per heavy atom. The van der Waals surface area contributed by atoms with Gasteiger partial charge in [0.05, 0.1) is 11.4 Å². The van der Waals surface area contributed by atoms with Gasteiger partial charge in [0.15, 0.2) is 17.2 Å². The largest absolute Gasteiger partial charge is 0.383 e. The summed E-state index contributed by atoms with van der Waals surface area (Å²) in [6, 6.07) is 10.5. The van der Waals surface area contributed by atoms with Gasteiger partial charge < -0.3 is 16.4 Å². The van der Waals surface area contributed by atoms with E-state index in [1.807, 2.05) is 28.9 Å². The maximum absolute atomic E-state index is 13.7. The van der Waals surface area contributed by atoms with Crippen LogP contribution < -0.4 is 16.4 Å². The average molecular weight is 446 g/mol. The average Bonchev–Trinajstić information content (AvgIpc) is 3.25. The number of aromatic nitrogens is 5. The fourth-order valence-electron chi connectivity index (χ4n) is 4.09. The minimum Gasteiger partial charge on any atom is -0.383 e. The van der Waals surface area contributed by atoms with Gasteiger partial charge in [0.1, 0.15) is 17.8 Å². The number of rotatable bonds is 5. The Morgan fingerprint density at radius 3 is 2.82 bits per heavy atom. The van der Waals surface area contributed by atoms with Crippen LogP contribution in [0.2, 0.25) is 0 Å². The predicted octanol–water partition coefficient (Wildman–Crippen LogP) is 2.46. The lowest BCUT2D eigenvalue weighted by Crippen LogP contribution is -2.32. The van der Waals surface area contributed by atoms with Crippen molar-refractivity contribution in [3.8, 4) is 11.3 Å². The van der Waals surface area contributed by atoms with Gasteiger partial charge in [-0.1, -0.05) is 24.3 Å². The van der Waals surface area contributed by atoms with Gasteiger partial charge >= 0.3 is 0 Å². The Hall–Kier alpha value is -3.92. The molecule has 0 spiro atoms. The van der Waals surface area contributed by atoms with Crippen LogP contribution in [0.15, 0.2) is 48.9 Å². The lowest BCUT2D eigenvalue weighted by atomic mass is 10.1. The predicted molar refractivity (Wildman–Crippen MR) is 122 cm³/mol. The van der Waals surface area contributed by atoms with E-state index < -0.39 is 11.7 Å². The summed E-state index contributed by atoms with van der Waals surface area (Å²) >= 11 is 0. The highest BCUT2D eigenvalue weighted by Crippen LogP contribution is 2.32. The molecule has 0 aliphatic carbocycles. The van der Waals surface area contributed by atoms with Crippen molar-refractivity contribution >= 4 is 22.8 Å². The summed E-state index contributed by atoms with van der Waals surface area (Å²) in [6.45, 7) is 2.07. The fraction of sp³-hybridized carbons (Fsp3) is 0.261. The van der Waals surface area contributed by atoms with Gasteiger partial charge in [-0.3, -0.25) is 4.79 Å². The number of fused-ring (bicyclic) bond motifs is 1. The lowest BCUT2D eigenvalue weighted by molar-refractivity contribution is 0.0941. The number of nitrogens with two attached hydrogens (primary N) is 1. The maximum Gasteiger partial charge on any atom is 0.273 e. The smallest absolute Gasteiger partial charge is 0.273 e. The topological polar surface area (TPSA) is 124 Å². The third-order valence-electron chi connectivity index (χ3n) is 5.79. The molecule has 0 radical (unpaired) electrons. The van der Waals surface area contributed by atoms with Crippen LogP contribution in [0, 0.1) is 5.82 Å². The van der Waals surface area contributed by atoms with E-state index in [4.69, 9.17) is 10.8 Å². The maximum atomic E-state index is 13.7. The molecule has 0 saturated carbocycles. The van der Waals surface area contributed by atoms with Gasteiger partial charge in [-0.05, 0) is 37.1 Å². The molecule has 4 aromatic rings. The number of anilines is 1. The first kappa shape index (κ1) is 21.0. The van der Waals surface area contributed by atoms with E-state index in [0.29, 0.717) is 5.82 Å². The fourth-order valence-corrected chi connectivity index (χ4v) is 4.09. The van der Waals surface area contributed by atoms with Gasteiger partial charge in [-0.2, -0.15) is 5.10 Å². The first-order valence-corrected chi connectivity index (χ1v) is 10.8. The van der Waals surface area contributed by atoms with Crippen LogP contribution in [0.1, 0.15) is 34.9 Å². The Morgan fingerprint density at radius 2 is 2.06 bits per heavy atom. The van der Waals surface area contributed by atoms with Crippen molar-refractivity contribution in [1.29, 1.82) is 0 Å². The molecule has 9 nitrogen and oxygen atoms in total. The zero-order valence-electron chi connectivity index (χ0n) is 17.8. The minimum atomic E-state index is -0.652. The quantitative estimate of drug-likeness (QED) is 0.430. The summed E-state index contributed by atoms with van der Waals surface area (Å²) in [6.07, 6.45) is 4.94. The number of nitrogens with one attached hydrogen (secondary N) is 2. The molecule has 33 heavy (non-hydrogen) atoms. The summed E-state index contributed by atoms with van der Waals surface area (Å²) in [5.41, 5.74) is 9.16. The minimum absolute atomic E-state index is 0.200. The number of benzene rings is 1. The SMILES string of the molecule is Nc1ncnc2c1c(-c1ccc(CNC(=O)c3ncccc3F)cc1)nn2[C@@H]1CCCNC1. The second-order valence-corrected chi connectivity index (χ2v) is 7.96. The number of carbonyl (C=O) groups is 1. The van der Waals surface area contributed by atoms with Gasteiger partial charge in [-0.15, -0.1) is 0 Å². The Bertz CT molecular complexity index is 1300. The Kier molecular flexibility index (Phi) is 5.66. The number of carbonyl (C=O) groups excluding carboxylic acids is 1. The highest BCUT2D eigenvalue weighted by molar-refractivity contribution is 5.98. The molecule has 1 saturated heterocycles. The van der Waals surface area contributed by atoms with Crippen molar-refractivity contribution in [3.05, 3.63) is 66.0 Å². The van der Waals surface area contributed by atoms with Crippen molar-refractivity contribution in [2.75, 3.05) is 18.8 Å². The van der Waals surface area contributed by atoms with Crippen molar-refractivity contribution in [3.63, 3.8) is 0 Å². The Labute approximate surface area is 189 Å². The summed E-state index contributed by atoms with van der Waals surface area (Å²) in [5.74, 6) is -0.826. The first-order chi connectivity index (χ1) is 16.1. The zero-order valence-corrected chi connectivity index (χ0v) is 17.8. The van der Waals surface area contributed by atoms with Crippen molar-refractivity contribution in [2.45, 2.75) is 25.4 Å². The highest BCUT2D eigenvalue weighted by Gasteiger charge is 2.23. The van der Waals surface area contributed by atoms with Gasteiger partial charge in [0, 0.05) is 24.8 Å². The van der Waals surface area contributed by atoms with E-state index in [2.05, 4.69) is 25.6 Å². The number of piperidine rings is 1. The monoisotopic (exact) mass is 446 g/mol. The number of pyridine rings is 1. The molecule has 1 aliphatic heterocycles. The Balaban J connectivity index is 1.39. The molecule has 5 rings (SSSR count).